The Morgan fingerprint density at radius 2 is 1.88 bits per heavy atom. The monoisotopic (exact) mass is 587 g/mol. The Balaban J connectivity index is 1.18. The second-order valence-corrected chi connectivity index (χ2v) is 13.8. The first-order chi connectivity index (χ1) is 21.0. The minimum atomic E-state index is -0.0928. The molecule has 0 bridgehead atoms. The van der Waals surface area contributed by atoms with Gasteiger partial charge in [0.05, 0.1) is 0 Å². The molecule has 43 heavy (non-hydrogen) atoms. The number of ether oxygens (including phenoxy) is 1. The fourth-order valence-corrected chi connectivity index (χ4v) is 6.89. The summed E-state index contributed by atoms with van der Waals surface area (Å²) in [5, 5.41) is 7.10. The third kappa shape index (κ3) is 10.6. The molecule has 3 aliphatic heterocycles. The third-order valence-electron chi connectivity index (χ3n) is 9.93. The number of allylic oxidation sites excluding steroid dienone is 7. The Hall–Kier alpha value is -2.47. The summed E-state index contributed by atoms with van der Waals surface area (Å²) in [4.78, 5) is 15.1. The van der Waals surface area contributed by atoms with Gasteiger partial charge in [-0.1, -0.05) is 63.5 Å². The molecule has 5 atom stereocenters. The van der Waals surface area contributed by atoms with Gasteiger partial charge in [-0.15, -0.1) is 0 Å². The smallest absolute Gasteiger partial charge is 0.198 e. The van der Waals surface area contributed by atoms with E-state index in [9.17, 15) is 0 Å². The summed E-state index contributed by atoms with van der Waals surface area (Å²) in [5.41, 5.74) is 4.31. The van der Waals surface area contributed by atoms with Gasteiger partial charge in [0.15, 0.2) is 5.96 Å². The van der Waals surface area contributed by atoms with Crippen LogP contribution in [0.2, 0.25) is 0 Å². The van der Waals surface area contributed by atoms with Gasteiger partial charge in [0.2, 0.25) is 0 Å². The van der Waals surface area contributed by atoms with E-state index in [1.165, 1.54) is 62.7 Å². The molecule has 0 spiro atoms. The van der Waals surface area contributed by atoms with E-state index in [-0.39, 0.29) is 6.17 Å². The Kier molecular flexibility index (Phi) is 12.3. The largest absolute Gasteiger partial charge is 0.381 e. The molecular weight excluding hydrogens is 530 g/mol. The number of nitrogens with zero attached hydrogens (tertiary/aromatic N) is 3. The molecule has 2 N–H and O–H groups in total. The molecule has 5 rings (SSSR count). The highest BCUT2D eigenvalue weighted by atomic mass is 16.5. The molecular formula is C37H57N5O. The lowest BCUT2D eigenvalue weighted by molar-refractivity contribution is 0.130. The topological polar surface area (TPSA) is 70.4 Å². The zero-order valence-corrected chi connectivity index (χ0v) is 27.2. The van der Waals surface area contributed by atoms with Gasteiger partial charge >= 0.3 is 0 Å². The van der Waals surface area contributed by atoms with Crippen molar-refractivity contribution >= 4 is 17.5 Å². The number of guanidine groups is 1. The van der Waals surface area contributed by atoms with Crippen molar-refractivity contribution in [2.75, 3.05) is 26.3 Å². The van der Waals surface area contributed by atoms with Gasteiger partial charge in [0.25, 0.3) is 0 Å². The van der Waals surface area contributed by atoms with Crippen molar-refractivity contribution in [2.45, 2.75) is 110 Å². The third-order valence-corrected chi connectivity index (χ3v) is 9.93. The van der Waals surface area contributed by atoms with Gasteiger partial charge in [-0.3, -0.25) is 9.98 Å². The van der Waals surface area contributed by atoms with E-state index in [0.717, 1.165) is 82.0 Å². The molecule has 0 aromatic heterocycles. The quantitative estimate of drug-likeness (QED) is 0.241. The Bertz CT molecular complexity index is 1110. The number of nitrogens with one attached hydrogen (secondary N) is 2. The highest BCUT2D eigenvalue weighted by Gasteiger charge is 2.32. The van der Waals surface area contributed by atoms with Gasteiger partial charge in [-0.05, 0) is 112 Å². The number of amidine groups is 1. The number of rotatable bonds is 11. The first-order valence-electron chi connectivity index (χ1n) is 17.6. The van der Waals surface area contributed by atoms with Crippen LogP contribution in [0.1, 0.15) is 104 Å². The average Bonchev–Trinajstić information content (AvgIpc) is 3.84. The molecule has 0 aromatic rings. The molecule has 0 amide bonds. The van der Waals surface area contributed by atoms with Crippen molar-refractivity contribution in [2.24, 2.45) is 44.6 Å². The molecule has 236 valence electrons. The SMILES string of the molecule is CC1C=CC=C(C=CC2N=C(CCCC3=NCC(C)C(C)C(C4CC4)=C3)NC(=NCCCC3CCCCOCCC3)N2)C1. The zero-order chi connectivity index (χ0) is 29.9. The van der Waals surface area contributed by atoms with Gasteiger partial charge in [0, 0.05) is 38.4 Å². The minimum Gasteiger partial charge on any atom is -0.381 e. The van der Waals surface area contributed by atoms with E-state index in [0.29, 0.717) is 17.8 Å². The van der Waals surface area contributed by atoms with Gasteiger partial charge in [-0.2, -0.15) is 0 Å². The van der Waals surface area contributed by atoms with Crippen LogP contribution in [0, 0.1) is 29.6 Å². The standard InChI is InChI=1S/C37H57N5O/c1-27-10-6-12-31(24-27)17-20-36-40-35(16-7-15-33-25-34(32-18-19-32)29(3)28(2)26-39-33)41-37(42-36)38-21-8-13-30-11-4-5-22-43-23-9-14-30/h6,10,12,17,20,25,27-30,32,36H,4-5,7-9,11,13-16,18-19,21-24,26H2,1-3H3,(H2,38,40,41,42). The summed E-state index contributed by atoms with van der Waals surface area (Å²) >= 11 is 0. The summed E-state index contributed by atoms with van der Waals surface area (Å²) in [6.07, 6.45) is 29.0. The predicted octanol–water partition coefficient (Wildman–Crippen LogP) is 7.95. The lowest BCUT2D eigenvalue weighted by Gasteiger charge is -2.24. The summed E-state index contributed by atoms with van der Waals surface area (Å²) in [6, 6.07) is 0. The Morgan fingerprint density at radius 3 is 2.74 bits per heavy atom. The molecule has 3 heterocycles. The second-order valence-electron chi connectivity index (χ2n) is 13.8. The van der Waals surface area contributed by atoms with E-state index >= 15 is 0 Å². The Labute approximate surface area is 261 Å². The summed E-state index contributed by atoms with van der Waals surface area (Å²) in [7, 11) is 0. The lowest BCUT2D eigenvalue weighted by Crippen LogP contribution is -2.50. The van der Waals surface area contributed by atoms with Crippen molar-refractivity contribution < 1.29 is 4.74 Å². The maximum Gasteiger partial charge on any atom is 0.198 e. The van der Waals surface area contributed by atoms with Crippen LogP contribution in [0.15, 0.2) is 62.6 Å². The second kappa shape index (κ2) is 16.6. The number of aliphatic imine (C=N–C) groups is 3. The van der Waals surface area contributed by atoms with E-state index in [1.54, 1.807) is 5.57 Å². The molecule has 6 nitrogen and oxygen atoms in total. The predicted molar refractivity (Wildman–Crippen MR) is 182 cm³/mol. The van der Waals surface area contributed by atoms with Crippen LogP contribution >= 0.6 is 0 Å². The molecule has 1 saturated heterocycles. The average molecular weight is 588 g/mol. The van der Waals surface area contributed by atoms with Crippen LogP contribution in [0.4, 0.5) is 0 Å². The van der Waals surface area contributed by atoms with E-state index in [2.05, 4.69) is 67.9 Å². The van der Waals surface area contributed by atoms with Crippen molar-refractivity contribution in [1.82, 2.24) is 10.6 Å². The maximum absolute atomic E-state index is 5.71. The lowest BCUT2D eigenvalue weighted by atomic mass is 9.86. The van der Waals surface area contributed by atoms with Crippen LogP contribution in [-0.2, 0) is 4.74 Å². The fraction of sp³-hybridized carbons (Fsp3) is 0.703. The maximum atomic E-state index is 5.71. The highest BCUT2D eigenvalue weighted by Crippen LogP contribution is 2.43. The zero-order valence-electron chi connectivity index (χ0n) is 27.2. The van der Waals surface area contributed by atoms with Crippen LogP contribution in [0.25, 0.3) is 0 Å². The minimum absolute atomic E-state index is 0.0928. The van der Waals surface area contributed by atoms with Gasteiger partial charge in [-0.25, -0.2) is 4.99 Å². The molecule has 6 heteroatoms. The molecule has 5 unspecified atom stereocenters. The van der Waals surface area contributed by atoms with Crippen molar-refractivity contribution in [3.63, 3.8) is 0 Å². The first-order valence-corrected chi connectivity index (χ1v) is 17.6. The number of hydrogen-bond acceptors (Lipinski definition) is 4. The molecule has 2 aliphatic carbocycles. The fourth-order valence-electron chi connectivity index (χ4n) is 6.89. The van der Waals surface area contributed by atoms with Crippen LogP contribution in [-0.4, -0.2) is 50.0 Å². The van der Waals surface area contributed by atoms with Crippen molar-refractivity contribution in [3.8, 4) is 0 Å². The van der Waals surface area contributed by atoms with Gasteiger partial charge < -0.3 is 15.4 Å². The highest BCUT2D eigenvalue weighted by molar-refractivity contribution is 6.02. The summed E-state index contributed by atoms with van der Waals surface area (Å²) < 4.78 is 5.71. The van der Waals surface area contributed by atoms with Crippen LogP contribution in [0.3, 0.4) is 0 Å². The number of hydrogen-bond donors (Lipinski definition) is 2. The van der Waals surface area contributed by atoms with Crippen molar-refractivity contribution in [1.29, 1.82) is 0 Å². The Morgan fingerprint density at radius 1 is 1.02 bits per heavy atom. The normalized spacial score (nSPS) is 31.5. The van der Waals surface area contributed by atoms with E-state index in [4.69, 9.17) is 19.7 Å². The van der Waals surface area contributed by atoms with E-state index < -0.39 is 0 Å². The molecule has 5 aliphatic rings. The summed E-state index contributed by atoms with van der Waals surface area (Å²) in [5.74, 6) is 5.41. The molecule has 0 radical (unpaired) electrons. The molecule has 2 fully saturated rings. The molecule has 0 aromatic carbocycles. The summed E-state index contributed by atoms with van der Waals surface area (Å²) in [6.45, 7) is 10.7. The van der Waals surface area contributed by atoms with Crippen molar-refractivity contribution in [3.05, 3.63) is 47.6 Å². The molecule has 1 saturated carbocycles. The van der Waals surface area contributed by atoms with Crippen LogP contribution < -0.4 is 10.6 Å². The first kappa shape index (κ1) is 31.9. The van der Waals surface area contributed by atoms with E-state index in [1.807, 2.05) is 0 Å². The van der Waals surface area contributed by atoms with Crippen LogP contribution in [0.5, 0.6) is 0 Å². The van der Waals surface area contributed by atoms with Gasteiger partial charge in [0.1, 0.15) is 12.0 Å².